The van der Waals surface area contributed by atoms with Crippen LogP contribution in [0.5, 0.6) is 0 Å². The molecule has 0 saturated heterocycles. The van der Waals surface area contributed by atoms with Crippen LogP contribution >= 0.6 is 0 Å². The number of hydrogen-bond acceptors (Lipinski definition) is 2. The Bertz CT molecular complexity index is 232. The van der Waals surface area contributed by atoms with Crippen LogP contribution in [-0.4, -0.2) is 18.0 Å². The SMILES string of the molecule is CCCCCCCCCCCCN(C#N)CCCCCC. The summed E-state index contributed by atoms with van der Waals surface area (Å²) < 4.78 is 0. The molecule has 0 aliphatic heterocycles. The lowest BCUT2D eigenvalue weighted by molar-refractivity contribution is 0.363. The number of nitriles is 1. The van der Waals surface area contributed by atoms with E-state index < -0.39 is 0 Å². The Morgan fingerprint density at radius 2 is 0.905 bits per heavy atom. The van der Waals surface area contributed by atoms with Crippen LogP contribution in [0.2, 0.25) is 0 Å². The van der Waals surface area contributed by atoms with E-state index in [0.29, 0.717) is 0 Å². The van der Waals surface area contributed by atoms with E-state index in [1.54, 1.807) is 0 Å². The van der Waals surface area contributed by atoms with E-state index >= 15 is 0 Å². The van der Waals surface area contributed by atoms with Crippen molar-refractivity contribution in [3.05, 3.63) is 0 Å². The normalized spacial score (nSPS) is 10.5. The van der Waals surface area contributed by atoms with Gasteiger partial charge in [0.05, 0.1) is 0 Å². The van der Waals surface area contributed by atoms with Gasteiger partial charge in [0.1, 0.15) is 0 Å². The third-order valence-corrected chi connectivity index (χ3v) is 4.20. The van der Waals surface area contributed by atoms with Crippen molar-refractivity contribution >= 4 is 0 Å². The highest BCUT2D eigenvalue weighted by molar-refractivity contribution is 4.73. The van der Waals surface area contributed by atoms with Crippen LogP contribution in [0.1, 0.15) is 104 Å². The molecular formula is C19H38N2. The molecule has 0 rings (SSSR count). The Hall–Kier alpha value is -0.710. The molecule has 0 unspecified atom stereocenters. The monoisotopic (exact) mass is 294 g/mol. The van der Waals surface area contributed by atoms with Gasteiger partial charge in [0.2, 0.25) is 0 Å². The van der Waals surface area contributed by atoms with Crippen molar-refractivity contribution in [3.63, 3.8) is 0 Å². The second-order valence-corrected chi connectivity index (χ2v) is 6.33. The van der Waals surface area contributed by atoms with Crippen molar-refractivity contribution in [2.75, 3.05) is 13.1 Å². The van der Waals surface area contributed by atoms with E-state index in [-0.39, 0.29) is 0 Å². The molecule has 0 aliphatic rings. The van der Waals surface area contributed by atoms with Gasteiger partial charge in [-0.05, 0) is 12.8 Å². The zero-order valence-electron chi connectivity index (χ0n) is 14.7. The average Bonchev–Trinajstić information content (AvgIpc) is 2.51. The molecule has 0 bridgehead atoms. The van der Waals surface area contributed by atoms with E-state index in [1.807, 2.05) is 4.90 Å². The number of nitrogens with zero attached hydrogens (tertiary/aromatic N) is 2. The van der Waals surface area contributed by atoms with Crippen molar-refractivity contribution in [3.8, 4) is 6.19 Å². The molecule has 0 fully saturated rings. The maximum Gasteiger partial charge on any atom is 0.179 e. The standard InChI is InChI=1S/C19H38N2/c1-3-5-7-9-10-11-12-13-14-16-18-21(19-20)17-15-8-6-4-2/h3-18H2,1-2H3. The maximum atomic E-state index is 9.10. The highest BCUT2D eigenvalue weighted by atomic mass is 15.1. The lowest BCUT2D eigenvalue weighted by atomic mass is 10.1. The third-order valence-electron chi connectivity index (χ3n) is 4.20. The molecule has 0 atom stereocenters. The first-order chi connectivity index (χ1) is 10.3. The van der Waals surface area contributed by atoms with E-state index in [1.165, 1.54) is 89.9 Å². The summed E-state index contributed by atoms with van der Waals surface area (Å²) in [6, 6.07) is 0. The average molecular weight is 295 g/mol. The molecule has 124 valence electrons. The Balaban J connectivity index is 3.26. The van der Waals surface area contributed by atoms with Crippen molar-refractivity contribution in [1.82, 2.24) is 4.90 Å². The molecule has 0 heterocycles. The predicted octanol–water partition coefficient (Wildman–Crippen LogP) is 6.27. The predicted molar refractivity (Wildman–Crippen MR) is 93.2 cm³/mol. The Labute approximate surface area is 133 Å². The van der Waals surface area contributed by atoms with E-state index in [9.17, 15) is 0 Å². The Kier molecular flexibility index (Phi) is 16.8. The number of rotatable bonds is 16. The lowest BCUT2D eigenvalue weighted by Crippen LogP contribution is -2.20. The van der Waals surface area contributed by atoms with Crippen LogP contribution in [0.3, 0.4) is 0 Å². The molecule has 0 aromatic rings. The van der Waals surface area contributed by atoms with Crippen LogP contribution in [0.15, 0.2) is 0 Å². The fraction of sp³-hybridized carbons (Fsp3) is 0.947. The molecule has 0 N–H and O–H groups in total. The summed E-state index contributed by atoms with van der Waals surface area (Å²) in [5.41, 5.74) is 0. The summed E-state index contributed by atoms with van der Waals surface area (Å²) in [5, 5.41) is 9.10. The van der Waals surface area contributed by atoms with E-state index in [4.69, 9.17) is 5.26 Å². The summed E-state index contributed by atoms with van der Waals surface area (Å²) in [6.07, 6.45) is 21.0. The minimum atomic E-state index is 0.966. The van der Waals surface area contributed by atoms with Crippen LogP contribution in [0.25, 0.3) is 0 Å². The van der Waals surface area contributed by atoms with E-state index in [2.05, 4.69) is 20.0 Å². The quantitative estimate of drug-likeness (QED) is 0.190. The highest BCUT2D eigenvalue weighted by Crippen LogP contribution is 2.11. The lowest BCUT2D eigenvalue weighted by Gasteiger charge is -2.15. The van der Waals surface area contributed by atoms with Gasteiger partial charge in [0.25, 0.3) is 0 Å². The zero-order chi connectivity index (χ0) is 15.6. The molecule has 0 spiro atoms. The molecule has 0 aromatic carbocycles. The van der Waals surface area contributed by atoms with Crippen molar-refractivity contribution in [2.45, 2.75) is 104 Å². The summed E-state index contributed by atoms with van der Waals surface area (Å²) >= 11 is 0. The van der Waals surface area contributed by atoms with Crippen molar-refractivity contribution in [1.29, 1.82) is 5.26 Å². The Morgan fingerprint density at radius 3 is 1.29 bits per heavy atom. The van der Waals surface area contributed by atoms with Gasteiger partial charge in [-0.3, -0.25) is 0 Å². The summed E-state index contributed by atoms with van der Waals surface area (Å²) in [4.78, 5) is 1.96. The van der Waals surface area contributed by atoms with Crippen molar-refractivity contribution < 1.29 is 0 Å². The van der Waals surface area contributed by atoms with Gasteiger partial charge in [-0.15, -0.1) is 0 Å². The largest absolute Gasteiger partial charge is 0.311 e. The summed E-state index contributed by atoms with van der Waals surface area (Å²) in [5.74, 6) is 0. The minimum Gasteiger partial charge on any atom is -0.311 e. The molecule has 0 saturated carbocycles. The summed E-state index contributed by atoms with van der Waals surface area (Å²) in [7, 11) is 0. The van der Waals surface area contributed by atoms with Crippen LogP contribution in [0, 0.1) is 11.5 Å². The minimum absolute atomic E-state index is 0.966. The van der Waals surface area contributed by atoms with Gasteiger partial charge in [0, 0.05) is 13.1 Å². The van der Waals surface area contributed by atoms with Crippen molar-refractivity contribution in [2.24, 2.45) is 0 Å². The second kappa shape index (κ2) is 17.3. The van der Waals surface area contributed by atoms with Gasteiger partial charge in [-0.25, -0.2) is 0 Å². The molecule has 0 aliphatic carbocycles. The van der Waals surface area contributed by atoms with Gasteiger partial charge in [-0.2, -0.15) is 5.26 Å². The van der Waals surface area contributed by atoms with Gasteiger partial charge in [0.15, 0.2) is 6.19 Å². The first-order valence-corrected chi connectivity index (χ1v) is 9.49. The molecule has 21 heavy (non-hydrogen) atoms. The zero-order valence-corrected chi connectivity index (χ0v) is 14.7. The first-order valence-electron chi connectivity index (χ1n) is 9.49. The van der Waals surface area contributed by atoms with Gasteiger partial charge >= 0.3 is 0 Å². The smallest absolute Gasteiger partial charge is 0.179 e. The van der Waals surface area contributed by atoms with Gasteiger partial charge in [-0.1, -0.05) is 90.9 Å². The molecule has 0 aromatic heterocycles. The van der Waals surface area contributed by atoms with Crippen LogP contribution < -0.4 is 0 Å². The number of hydrogen-bond donors (Lipinski definition) is 0. The molecule has 0 radical (unpaired) electrons. The fourth-order valence-corrected chi connectivity index (χ4v) is 2.73. The first kappa shape index (κ1) is 20.3. The summed E-state index contributed by atoms with van der Waals surface area (Å²) in [6.45, 7) is 6.44. The maximum absolute atomic E-state index is 9.10. The third kappa shape index (κ3) is 15.5. The second-order valence-electron chi connectivity index (χ2n) is 6.33. The topological polar surface area (TPSA) is 27.0 Å². The molecule has 2 nitrogen and oxygen atoms in total. The molecule has 2 heteroatoms. The number of unbranched alkanes of at least 4 members (excludes halogenated alkanes) is 12. The Morgan fingerprint density at radius 1 is 0.571 bits per heavy atom. The van der Waals surface area contributed by atoms with Gasteiger partial charge < -0.3 is 4.90 Å². The molecular weight excluding hydrogens is 256 g/mol. The van der Waals surface area contributed by atoms with Crippen LogP contribution in [-0.2, 0) is 0 Å². The van der Waals surface area contributed by atoms with Crippen LogP contribution in [0.4, 0.5) is 0 Å². The molecule has 0 amide bonds. The van der Waals surface area contributed by atoms with E-state index in [0.717, 1.165) is 13.1 Å². The fourth-order valence-electron chi connectivity index (χ4n) is 2.73. The highest BCUT2D eigenvalue weighted by Gasteiger charge is 2.01.